The molecule has 1 aromatic rings. The first-order chi connectivity index (χ1) is 9.36. The molecule has 0 spiro atoms. The van der Waals surface area contributed by atoms with Crippen molar-refractivity contribution in [1.29, 1.82) is 0 Å². The van der Waals surface area contributed by atoms with Crippen molar-refractivity contribution in [3.63, 3.8) is 0 Å². The van der Waals surface area contributed by atoms with Crippen LogP contribution in [0.4, 0.5) is 8.78 Å². The molecule has 20 heavy (non-hydrogen) atoms. The summed E-state index contributed by atoms with van der Waals surface area (Å²) in [6, 6.07) is 2.93. The van der Waals surface area contributed by atoms with Crippen LogP contribution in [0, 0.1) is 11.6 Å². The van der Waals surface area contributed by atoms with Gasteiger partial charge in [0.1, 0.15) is 0 Å². The Morgan fingerprint density at radius 3 is 2.55 bits per heavy atom. The molecular weight excluding hydrogens is 284 g/mol. The minimum absolute atomic E-state index is 0.0593. The smallest absolute Gasteiger partial charge is 0.178 e. The molecule has 0 aromatic heterocycles. The van der Waals surface area contributed by atoms with Gasteiger partial charge in [0.2, 0.25) is 0 Å². The lowest BCUT2D eigenvalue weighted by Gasteiger charge is -2.12. The van der Waals surface area contributed by atoms with Crippen LogP contribution in [0.5, 0.6) is 0 Å². The predicted molar refractivity (Wildman–Crippen MR) is 75.4 cm³/mol. The summed E-state index contributed by atoms with van der Waals surface area (Å²) in [6.45, 7) is 4.96. The minimum Gasteiger partial charge on any atom is -0.314 e. The zero-order valence-corrected chi connectivity index (χ0v) is 12.6. The van der Waals surface area contributed by atoms with Crippen molar-refractivity contribution in [1.82, 2.24) is 5.32 Å². The Morgan fingerprint density at radius 1 is 1.25 bits per heavy atom. The van der Waals surface area contributed by atoms with Gasteiger partial charge in [-0.1, -0.05) is 6.92 Å². The van der Waals surface area contributed by atoms with E-state index in [-0.39, 0.29) is 16.7 Å². The topological polar surface area (TPSA) is 46.2 Å². The summed E-state index contributed by atoms with van der Waals surface area (Å²) in [7, 11) is -3.55. The third kappa shape index (κ3) is 5.17. The van der Waals surface area contributed by atoms with Crippen LogP contribution in [0.1, 0.15) is 33.1 Å². The number of rotatable bonds is 8. The lowest BCUT2D eigenvalue weighted by atomic mass is 10.2. The van der Waals surface area contributed by atoms with Gasteiger partial charge in [0.15, 0.2) is 21.5 Å². The fourth-order valence-corrected chi connectivity index (χ4v) is 3.20. The van der Waals surface area contributed by atoms with Crippen LogP contribution >= 0.6 is 0 Å². The van der Waals surface area contributed by atoms with Gasteiger partial charge >= 0.3 is 0 Å². The van der Waals surface area contributed by atoms with Gasteiger partial charge < -0.3 is 5.32 Å². The van der Waals surface area contributed by atoms with Crippen LogP contribution in [0.2, 0.25) is 0 Å². The highest BCUT2D eigenvalue weighted by atomic mass is 32.2. The van der Waals surface area contributed by atoms with Gasteiger partial charge in [-0.05, 0) is 50.9 Å². The summed E-state index contributed by atoms with van der Waals surface area (Å²) >= 11 is 0. The standard InChI is InChI=1S/C14H21F2NO2S/c1-3-8-17-11(2)5-4-9-20(18,19)12-6-7-13(15)14(16)10-12/h6-7,10-11,17H,3-5,8-9H2,1-2H3. The van der Waals surface area contributed by atoms with E-state index in [1.165, 1.54) is 0 Å². The highest BCUT2D eigenvalue weighted by Crippen LogP contribution is 2.16. The SMILES string of the molecule is CCCNC(C)CCCS(=O)(=O)c1ccc(F)c(F)c1. The highest BCUT2D eigenvalue weighted by molar-refractivity contribution is 7.91. The molecule has 3 nitrogen and oxygen atoms in total. The van der Waals surface area contributed by atoms with Crippen molar-refractivity contribution in [2.45, 2.75) is 44.0 Å². The molecule has 0 amide bonds. The molecule has 1 aromatic carbocycles. The normalized spacial score (nSPS) is 13.4. The van der Waals surface area contributed by atoms with E-state index in [0.717, 1.165) is 37.6 Å². The zero-order valence-electron chi connectivity index (χ0n) is 11.8. The molecule has 114 valence electrons. The first kappa shape index (κ1) is 17.0. The Morgan fingerprint density at radius 2 is 1.95 bits per heavy atom. The Kier molecular flexibility index (Phi) is 6.55. The van der Waals surface area contributed by atoms with E-state index in [4.69, 9.17) is 0 Å². The lowest BCUT2D eigenvalue weighted by molar-refractivity contribution is 0.502. The summed E-state index contributed by atoms with van der Waals surface area (Å²) in [6.07, 6.45) is 2.24. The summed E-state index contributed by atoms with van der Waals surface area (Å²) < 4.78 is 49.8. The number of nitrogens with one attached hydrogen (secondary N) is 1. The molecule has 0 fully saturated rings. The van der Waals surface area contributed by atoms with E-state index in [0.29, 0.717) is 6.42 Å². The summed E-state index contributed by atoms with van der Waals surface area (Å²) in [5.74, 6) is -2.23. The molecule has 0 aliphatic rings. The van der Waals surface area contributed by atoms with Crippen LogP contribution in [-0.4, -0.2) is 26.8 Å². The number of halogens is 2. The molecule has 6 heteroatoms. The van der Waals surface area contributed by atoms with Gasteiger partial charge in [-0.2, -0.15) is 0 Å². The molecule has 1 atom stereocenters. The van der Waals surface area contributed by atoms with E-state index in [2.05, 4.69) is 12.2 Å². The second-order valence-electron chi connectivity index (χ2n) is 4.89. The third-order valence-corrected chi connectivity index (χ3v) is 4.84. The first-order valence-corrected chi connectivity index (χ1v) is 8.43. The second kappa shape index (κ2) is 7.69. The molecule has 0 heterocycles. The van der Waals surface area contributed by atoms with Crippen molar-refractivity contribution in [3.8, 4) is 0 Å². The monoisotopic (exact) mass is 305 g/mol. The fourth-order valence-electron chi connectivity index (χ4n) is 1.86. The predicted octanol–water partition coefficient (Wildman–Crippen LogP) is 2.91. The average molecular weight is 305 g/mol. The Bertz CT molecular complexity index is 532. The van der Waals surface area contributed by atoms with Crippen molar-refractivity contribution >= 4 is 9.84 Å². The molecule has 0 saturated carbocycles. The Balaban J connectivity index is 2.55. The maximum absolute atomic E-state index is 13.0. The van der Waals surface area contributed by atoms with Crippen LogP contribution < -0.4 is 5.32 Å². The van der Waals surface area contributed by atoms with Crippen molar-refractivity contribution < 1.29 is 17.2 Å². The second-order valence-corrected chi connectivity index (χ2v) is 7.00. The largest absolute Gasteiger partial charge is 0.314 e. The summed E-state index contributed by atoms with van der Waals surface area (Å²) in [5, 5.41) is 3.27. The number of hydrogen-bond donors (Lipinski definition) is 1. The Hall–Kier alpha value is -1.01. The maximum Gasteiger partial charge on any atom is 0.178 e. The van der Waals surface area contributed by atoms with E-state index >= 15 is 0 Å². The average Bonchev–Trinajstić information content (AvgIpc) is 2.39. The number of sulfone groups is 1. The molecular formula is C14H21F2NO2S. The van der Waals surface area contributed by atoms with Crippen LogP contribution in [0.15, 0.2) is 23.1 Å². The first-order valence-electron chi connectivity index (χ1n) is 6.78. The van der Waals surface area contributed by atoms with E-state index < -0.39 is 21.5 Å². The van der Waals surface area contributed by atoms with E-state index in [9.17, 15) is 17.2 Å². The molecule has 0 aliphatic heterocycles. The van der Waals surface area contributed by atoms with E-state index in [1.807, 2.05) is 6.92 Å². The van der Waals surface area contributed by atoms with Crippen LogP contribution in [0.25, 0.3) is 0 Å². The highest BCUT2D eigenvalue weighted by Gasteiger charge is 2.16. The van der Waals surface area contributed by atoms with Gasteiger partial charge in [0, 0.05) is 6.04 Å². The molecule has 0 bridgehead atoms. The molecule has 1 N–H and O–H groups in total. The van der Waals surface area contributed by atoms with Crippen molar-refractivity contribution in [3.05, 3.63) is 29.8 Å². The molecule has 0 radical (unpaired) electrons. The van der Waals surface area contributed by atoms with E-state index in [1.54, 1.807) is 0 Å². The van der Waals surface area contributed by atoms with Gasteiger partial charge in [0.25, 0.3) is 0 Å². The number of benzene rings is 1. The fraction of sp³-hybridized carbons (Fsp3) is 0.571. The quantitative estimate of drug-likeness (QED) is 0.751. The Labute approximate surface area is 119 Å². The number of hydrogen-bond acceptors (Lipinski definition) is 3. The molecule has 0 aliphatic carbocycles. The van der Waals surface area contributed by atoms with Gasteiger partial charge in [-0.3, -0.25) is 0 Å². The van der Waals surface area contributed by atoms with Crippen molar-refractivity contribution in [2.24, 2.45) is 0 Å². The molecule has 1 unspecified atom stereocenters. The van der Waals surface area contributed by atoms with Gasteiger partial charge in [-0.25, -0.2) is 17.2 Å². The third-order valence-electron chi connectivity index (χ3n) is 3.04. The van der Waals surface area contributed by atoms with Crippen LogP contribution in [0.3, 0.4) is 0 Å². The lowest BCUT2D eigenvalue weighted by Crippen LogP contribution is -2.27. The zero-order chi connectivity index (χ0) is 15.2. The van der Waals surface area contributed by atoms with Gasteiger partial charge in [-0.15, -0.1) is 0 Å². The molecule has 1 rings (SSSR count). The summed E-state index contributed by atoms with van der Waals surface area (Å²) in [4.78, 5) is -0.162. The summed E-state index contributed by atoms with van der Waals surface area (Å²) in [5.41, 5.74) is 0. The van der Waals surface area contributed by atoms with Crippen molar-refractivity contribution in [2.75, 3.05) is 12.3 Å². The van der Waals surface area contributed by atoms with Crippen LogP contribution in [-0.2, 0) is 9.84 Å². The maximum atomic E-state index is 13.0. The molecule has 0 saturated heterocycles. The van der Waals surface area contributed by atoms with Gasteiger partial charge in [0.05, 0.1) is 10.6 Å². The minimum atomic E-state index is -3.55.